The van der Waals surface area contributed by atoms with Crippen LogP contribution in [0.4, 0.5) is 0 Å². The summed E-state index contributed by atoms with van der Waals surface area (Å²) in [5.74, 6) is 0.207. The molecule has 0 fully saturated rings. The summed E-state index contributed by atoms with van der Waals surface area (Å²) >= 11 is 0. The number of aryl methyl sites for hydroxylation is 2. The van der Waals surface area contributed by atoms with E-state index in [1.165, 1.54) is 41.2 Å². The summed E-state index contributed by atoms with van der Waals surface area (Å²) in [5.41, 5.74) is 4.95. The zero-order chi connectivity index (χ0) is 23.5. The van der Waals surface area contributed by atoms with Crippen LogP contribution in [0.25, 0.3) is 12.2 Å². The van der Waals surface area contributed by atoms with Crippen molar-refractivity contribution in [3.05, 3.63) is 96.6 Å². The van der Waals surface area contributed by atoms with Crippen LogP contribution in [-0.4, -0.2) is 12.6 Å². The molecule has 2 aromatic rings. The second-order valence-electron chi connectivity index (χ2n) is 7.48. The molecule has 0 heterocycles. The Kier molecular flexibility index (Phi) is 16.3. The van der Waals surface area contributed by atoms with Crippen LogP contribution in [0.15, 0.2) is 74.3 Å². The first kappa shape index (κ1) is 28.1. The van der Waals surface area contributed by atoms with Crippen LogP contribution in [0.5, 0.6) is 0 Å². The molecule has 2 aromatic carbocycles. The first-order valence-corrected chi connectivity index (χ1v) is 11.1. The van der Waals surface area contributed by atoms with E-state index >= 15 is 0 Å². The van der Waals surface area contributed by atoms with Gasteiger partial charge in [0.25, 0.3) is 0 Å². The van der Waals surface area contributed by atoms with Crippen molar-refractivity contribution in [3.8, 4) is 0 Å². The lowest BCUT2D eigenvalue weighted by Crippen LogP contribution is -2.12. The zero-order valence-electron chi connectivity index (χ0n) is 19.9. The van der Waals surface area contributed by atoms with Crippen LogP contribution in [0.3, 0.4) is 0 Å². The van der Waals surface area contributed by atoms with Gasteiger partial charge in [-0.2, -0.15) is 0 Å². The summed E-state index contributed by atoms with van der Waals surface area (Å²) in [4.78, 5) is 10.8. The quantitative estimate of drug-likeness (QED) is 0.302. The Morgan fingerprint density at radius 3 is 2.03 bits per heavy atom. The molecule has 0 aliphatic rings. The monoisotopic (exact) mass is 420 g/mol. The van der Waals surface area contributed by atoms with Crippen LogP contribution in [-0.2, 0) is 9.53 Å². The lowest BCUT2D eigenvalue weighted by Gasteiger charge is -2.13. The minimum atomic E-state index is -0.310. The fraction of sp³-hybridized carbons (Fsp3) is 0.345. The number of ether oxygens (including phenoxy) is 1. The predicted molar refractivity (Wildman–Crippen MR) is 137 cm³/mol. The Morgan fingerprint density at radius 1 is 0.935 bits per heavy atom. The van der Waals surface area contributed by atoms with Crippen LogP contribution in [0.1, 0.15) is 61.8 Å². The SMILES string of the molecule is C=CC(=O)OCC(CC)CCCC.C=Cc1ccc(C)cc1.C=Cc1cccc(C)c1. The lowest BCUT2D eigenvalue weighted by atomic mass is 10.0. The Morgan fingerprint density at radius 2 is 1.58 bits per heavy atom. The molecule has 31 heavy (non-hydrogen) atoms. The molecule has 2 nitrogen and oxygen atoms in total. The first-order valence-electron chi connectivity index (χ1n) is 11.1. The summed E-state index contributed by atoms with van der Waals surface area (Å²) < 4.78 is 4.98. The number of unbranched alkanes of at least 4 members (excludes halogenated alkanes) is 1. The molecule has 0 aliphatic carbocycles. The van der Waals surface area contributed by atoms with Gasteiger partial charge in [0.2, 0.25) is 0 Å². The maximum Gasteiger partial charge on any atom is 0.330 e. The van der Waals surface area contributed by atoms with E-state index in [1.54, 1.807) is 0 Å². The summed E-state index contributed by atoms with van der Waals surface area (Å²) in [6, 6.07) is 16.5. The maximum atomic E-state index is 10.8. The standard InChI is InChI=1S/C11H20O2.2C9H10/c1-4-7-8-10(5-2)9-13-11(12)6-3;1-3-9-6-4-8(2)5-7-9;1-3-9-6-4-5-8(2)7-9/h6,10H,3-5,7-9H2,1-2H3;2*3-7H,1H2,2H3. The number of benzene rings is 2. The van der Waals surface area contributed by atoms with Crippen molar-refractivity contribution in [2.75, 3.05) is 6.61 Å². The Bertz CT molecular complexity index is 772. The topological polar surface area (TPSA) is 26.3 Å². The first-order chi connectivity index (χ1) is 14.9. The second kappa shape index (κ2) is 17.9. The molecular weight excluding hydrogens is 380 g/mol. The number of carbonyl (C=O) groups excluding carboxylic acids is 1. The van der Waals surface area contributed by atoms with Crippen molar-refractivity contribution in [1.82, 2.24) is 0 Å². The highest BCUT2D eigenvalue weighted by Gasteiger charge is 2.07. The lowest BCUT2D eigenvalue weighted by molar-refractivity contribution is -0.139. The molecule has 1 unspecified atom stereocenters. The molecule has 2 heteroatoms. The summed E-state index contributed by atoms with van der Waals surface area (Å²) in [7, 11) is 0. The highest BCUT2D eigenvalue weighted by atomic mass is 16.5. The van der Waals surface area contributed by atoms with E-state index in [2.05, 4.69) is 83.8 Å². The van der Waals surface area contributed by atoms with Gasteiger partial charge in [-0.1, -0.05) is 125 Å². The summed E-state index contributed by atoms with van der Waals surface area (Å²) in [6.45, 7) is 19.7. The Hall–Kier alpha value is -2.87. The fourth-order valence-electron chi connectivity index (χ4n) is 2.66. The van der Waals surface area contributed by atoms with E-state index in [-0.39, 0.29) is 5.97 Å². The van der Waals surface area contributed by atoms with E-state index in [9.17, 15) is 4.79 Å². The van der Waals surface area contributed by atoms with Crippen molar-refractivity contribution in [2.45, 2.75) is 53.4 Å². The Labute approximate surface area is 190 Å². The van der Waals surface area contributed by atoms with E-state index in [0.717, 1.165) is 12.8 Å². The molecule has 0 aliphatic heterocycles. The van der Waals surface area contributed by atoms with Gasteiger partial charge in [-0.05, 0) is 37.3 Å². The smallest absolute Gasteiger partial charge is 0.330 e. The van der Waals surface area contributed by atoms with Gasteiger partial charge in [0.05, 0.1) is 6.61 Å². The van der Waals surface area contributed by atoms with E-state index < -0.39 is 0 Å². The largest absolute Gasteiger partial charge is 0.462 e. The molecule has 0 spiro atoms. The van der Waals surface area contributed by atoms with Crippen molar-refractivity contribution >= 4 is 18.1 Å². The molecule has 2 rings (SSSR count). The van der Waals surface area contributed by atoms with E-state index in [0.29, 0.717) is 12.5 Å². The number of hydrogen-bond donors (Lipinski definition) is 0. The fourth-order valence-corrected chi connectivity index (χ4v) is 2.66. The van der Waals surface area contributed by atoms with Gasteiger partial charge in [-0.25, -0.2) is 4.79 Å². The van der Waals surface area contributed by atoms with Gasteiger partial charge in [-0.15, -0.1) is 0 Å². The molecule has 0 bridgehead atoms. The average molecular weight is 421 g/mol. The average Bonchev–Trinajstić information content (AvgIpc) is 2.80. The number of esters is 1. The third-order valence-corrected chi connectivity index (χ3v) is 4.76. The van der Waals surface area contributed by atoms with Gasteiger partial charge in [0, 0.05) is 6.08 Å². The van der Waals surface area contributed by atoms with Crippen LogP contribution < -0.4 is 0 Å². The normalized spacial score (nSPS) is 10.3. The molecular formula is C29H40O2. The number of carbonyl (C=O) groups is 1. The van der Waals surface area contributed by atoms with Crippen molar-refractivity contribution in [3.63, 3.8) is 0 Å². The minimum absolute atomic E-state index is 0.310. The summed E-state index contributed by atoms with van der Waals surface area (Å²) in [5, 5.41) is 0. The van der Waals surface area contributed by atoms with Gasteiger partial charge in [0.15, 0.2) is 0 Å². The Balaban J connectivity index is 0.000000445. The van der Waals surface area contributed by atoms with E-state index in [1.807, 2.05) is 24.3 Å². The third kappa shape index (κ3) is 14.7. The third-order valence-electron chi connectivity index (χ3n) is 4.76. The molecule has 0 saturated heterocycles. The van der Waals surface area contributed by atoms with Crippen LogP contribution in [0.2, 0.25) is 0 Å². The van der Waals surface area contributed by atoms with Crippen molar-refractivity contribution < 1.29 is 9.53 Å². The molecule has 0 N–H and O–H groups in total. The van der Waals surface area contributed by atoms with Crippen molar-refractivity contribution in [1.29, 1.82) is 0 Å². The van der Waals surface area contributed by atoms with Gasteiger partial charge >= 0.3 is 5.97 Å². The van der Waals surface area contributed by atoms with Crippen LogP contribution in [0, 0.1) is 19.8 Å². The molecule has 0 radical (unpaired) electrons. The molecule has 0 amide bonds. The zero-order valence-corrected chi connectivity index (χ0v) is 19.9. The number of rotatable bonds is 9. The molecule has 0 saturated carbocycles. The van der Waals surface area contributed by atoms with E-state index in [4.69, 9.17) is 4.74 Å². The second-order valence-corrected chi connectivity index (χ2v) is 7.48. The van der Waals surface area contributed by atoms with Crippen molar-refractivity contribution in [2.24, 2.45) is 5.92 Å². The van der Waals surface area contributed by atoms with Gasteiger partial charge in [-0.3, -0.25) is 0 Å². The highest BCUT2D eigenvalue weighted by molar-refractivity contribution is 5.81. The highest BCUT2D eigenvalue weighted by Crippen LogP contribution is 2.12. The molecule has 168 valence electrons. The van der Waals surface area contributed by atoms with Crippen LogP contribution >= 0.6 is 0 Å². The number of hydrogen-bond acceptors (Lipinski definition) is 2. The molecule has 0 aromatic heterocycles. The van der Waals surface area contributed by atoms with Gasteiger partial charge in [0.1, 0.15) is 0 Å². The predicted octanol–water partition coefficient (Wildman–Crippen LogP) is 8.21. The minimum Gasteiger partial charge on any atom is -0.462 e. The van der Waals surface area contributed by atoms with Gasteiger partial charge < -0.3 is 4.74 Å². The summed E-state index contributed by atoms with van der Waals surface area (Å²) in [6.07, 6.45) is 9.55. The maximum absolute atomic E-state index is 10.8. The molecule has 1 atom stereocenters.